The minimum Gasteiger partial charge on any atom is -0.466 e. The molecule has 8 heteroatoms. The van der Waals surface area contributed by atoms with Gasteiger partial charge < -0.3 is 4.74 Å². The van der Waals surface area contributed by atoms with Crippen molar-refractivity contribution in [1.82, 2.24) is 14.1 Å². The highest BCUT2D eigenvalue weighted by Crippen LogP contribution is 2.35. The number of nitrogens with zero attached hydrogens (tertiary/aromatic N) is 3. The summed E-state index contributed by atoms with van der Waals surface area (Å²) < 4.78 is 35.7. The van der Waals surface area contributed by atoms with Crippen LogP contribution in [0.1, 0.15) is 51.5 Å². The first-order valence-electron chi connectivity index (χ1n) is 10.8. The molecule has 7 nitrogen and oxygen atoms in total. The van der Waals surface area contributed by atoms with Gasteiger partial charge in [0.05, 0.1) is 18.6 Å². The molecule has 1 aromatic heterocycles. The van der Waals surface area contributed by atoms with Crippen LogP contribution in [0.3, 0.4) is 0 Å². The molecule has 1 saturated carbocycles. The largest absolute Gasteiger partial charge is 0.466 e. The minimum atomic E-state index is -3.79. The molecule has 2 aliphatic rings. The number of esters is 1. The van der Waals surface area contributed by atoms with Gasteiger partial charge in [0, 0.05) is 24.8 Å². The fourth-order valence-corrected chi connectivity index (χ4v) is 6.14. The number of benzene rings is 1. The predicted molar refractivity (Wildman–Crippen MR) is 113 cm³/mol. The lowest BCUT2D eigenvalue weighted by Crippen LogP contribution is -2.42. The lowest BCUT2D eigenvalue weighted by Gasteiger charge is -2.30. The monoisotopic (exact) mass is 431 g/mol. The molecular formula is C22H29N3O4S. The van der Waals surface area contributed by atoms with Gasteiger partial charge in [-0.25, -0.2) is 8.42 Å². The van der Waals surface area contributed by atoms with Crippen LogP contribution in [0.15, 0.2) is 41.4 Å². The number of sulfonamides is 1. The van der Waals surface area contributed by atoms with E-state index in [1.165, 1.54) is 4.31 Å². The molecule has 162 valence electrons. The van der Waals surface area contributed by atoms with Gasteiger partial charge in [0.15, 0.2) is 0 Å². The summed E-state index contributed by atoms with van der Waals surface area (Å²) in [6.07, 6.45) is 7.30. The molecule has 1 aliphatic carbocycles. The number of rotatable bonds is 6. The third-order valence-electron chi connectivity index (χ3n) is 6.07. The standard InChI is InChI=1S/C22H29N3O4S/c1-2-29-22(26)18-11-8-14-24(15-18)30(27,28)20-16-25(19-12-6-7-13-19)23-21(20)17-9-4-3-5-10-17/h3-5,9-10,16,18-19H,2,6-8,11-15H2,1H3. The van der Waals surface area contributed by atoms with Crippen molar-refractivity contribution in [3.63, 3.8) is 0 Å². The van der Waals surface area contributed by atoms with Gasteiger partial charge in [-0.2, -0.15) is 9.40 Å². The van der Waals surface area contributed by atoms with Crippen molar-refractivity contribution in [2.45, 2.75) is 56.4 Å². The van der Waals surface area contributed by atoms with E-state index in [1.807, 2.05) is 35.0 Å². The summed E-state index contributed by atoms with van der Waals surface area (Å²) in [5, 5.41) is 4.73. The van der Waals surface area contributed by atoms with Crippen molar-refractivity contribution in [2.24, 2.45) is 5.92 Å². The molecule has 0 bridgehead atoms. The summed E-state index contributed by atoms with van der Waals surface area (Å²) in [4.78, 5) is 12.4. The van der Waals surface area contributed by atoms with E-state index in [9.17, 15) is 13.2 Å². The average Bonchev–Trinajstić information content (AvgIpc) is 3.45. The van der Waals surface area contributed by atoms with Gasteiger partial charge >= 0.3 is 5.97 Å². The van der Waals surface area contributed by atoms with Crippen LogP contribution in [0.4, 0.5) is 0 Å². The van der Waals surface area contributed by atoms with Gasteiger partial charge in [-0.1, -0.05) is 43.2 Å². The Balaban J connectivity index is 1.69. The van der Waals surface area contributed by atoms with E-state index in [2.05, 4.69) is 0 Å². The molecule has 0 amide bonds. The summed E-state index contributed by atoms with van der Waals surface area (Å²) in [6, 6.07) is 9.69. The van der Waals surface area contributed by atoms with Crippen molar-refractivity contribution in [3.8, 4) is 11.3 Å². The Morgan fingerprint density at radius 2 is 1.87 bits per heavy atom. The second-order valence-corrected chi connectivity index (χ2v) is 9.99. The Bertz CT molecular complexity index is 981. The molecule has 2 aromatic rings. The summed E-state index contributed by atoms with van der Waals surface area (Å²) in [5.41, 5.74) is 1.27. The minimum absolute atomic E-state index is 0.157. The van der Waals surface area contributed by atoms with Crippen LogP contribution in [0.5, 0.6) is 0 Å². The van der Waals surface area contributed by atoms with Crippen molar-refractivity contribution >= 4 is 16.0 Å². The smallest absolute Gasteiger partial charge is 0.310 e. The van der Waals surface area contributed by atoms with Gasteiger partial charge in [0.25, 0.3) is 0 Å². The summed E-state index contributed by atoms with van der Waals surface area (Å²) in [5.74, 6) is -0.735. The van der Waals surface area contributed by atoms with Crippen LogP contribution in [-0.4, -0.2) is 48.2 Å². The molecule has 2 fully saturated rings. The van der Waals surface area contributed by atoms with Crippen LogP contribution < -0.4 is 0 Å². The van der Waals surface area contributed by atoms with E-state index in [4.69, 9.17) is 9.84 Å². The maximum atomic E-state index is 13.7. The third kappa shape index (κ3) is 4.16. The zero-order valence-electron chi connectivity index (χ0n) is 17.4. The van der Waals surface area contributed by atoms with Gasteiger partial charge in [-0.3, -0.25) is 9.48 Å². The molecule has 1 aliphatic heterocycles. The van der Waals surface area contributed by atoms with Crippen molar-refractivity contribution in [3.05, 3.63) is 36.5 Å². The molecular weight excluding hydrogens is 402 g/mol. The van der Waals surface area contributed by atoms with Crippen molar-refractivity contribution in [1.29, 1.82) is 0 Å². The van der Waals surface area contributed by atoms with Gasteiger partial charge in [-0.15, -0.1) is 0 Å². The normalized spacial score (nSPS) is 21.0. The van der Waals surface area contributed by atoms with Crippen LogP contribution >= 0.6 is 0 Å². The number of carbonyl (C=O) groups is 1. The lowest BCUT2D eigenvalue weighted by molar-refractivity contribution is -0.149. The van der Waals surface area contributed by atoms with Crippen LogP contribution in [0.2, 0.25) is 0 Å². The van der Waals surface area contributed by atoms with Crippen LogP contribution in [-0.2, 0) is 19.6 Å². The highest BCUT2D eigenvalue weighted by Gasteiger charge is 2.37. The number of piperidine rings is 1. The van der Waals surface area contributed by atoms with Crippen LogP contribution in [0, 0.1) is 5.92 Å². The highest BCUT2D eigenvalue weighted by atomic mass is 32.2. The molecule has 1 aromatic carbocycles. The van der Waals surface area contributed by atoms with Gasteiger partial charge in [0.1, 0.15) is 10.6 Å². The van der Waals surface area contributed by atoms with Gasteiger partial charge in [-0.05, 0) is 32.6 Å². The van der Waals surface area contributed by atoms with E-state index in [-0.39, 0.29) is 23.5 Å². The molecule has 4 rings (SSSR count). The third-order valence-corrected chi connectivity index (χ3v) is 7.93. The Kier molecular flexibility index (Phi) is 6.24. The lowest BCUT2D eigenvalue weighted by atomic mass is 10.0. The molecule has 0 spiro atoms. The summed E-state index contributed by atoms with van der Waals surface area (Å²) >= 11 is 0. The van der Waals surface area contributed by atoms with Crippen LogP contribution in [0.25, 0.3) is 11.3 Å². The van der Waals surface area contributed by atoms with E-state index in [1.54, 1.807) is 13.1 Å². The van der Waals surface area contributed by atoms with E-state index in [0.29, 0.717) is 31.7 Å². The maximum Gasteiger partial charge on any atom is 0.310 e. The molecule has 1 atom stereocenters. The zero-order chi connectivity index (χ0) is 21.1. The number of aromatic nitrogens is 2. The molecule has 0 N–H and O–H groups in total. The zero-order valence-corrected chi connectivity index (χ0v) is 18.2. The molecule has 0 radical (unpaired) electrons. The molecule has 30 heavy (non-hydrogen) atoms. The van der Waals surface area contributed by atoms with E-state index in [0.717, 1.165) is 31.2 Å². The first kappa shape index (κ1) is 21.1. The fraction of sp³-hybridized carbons (Fsp3) is 0.545. The number of hydrogen-bond acceptors (Lipinski definition) is 5. The quantitative estimate of drug-likeness (QED) is 0.653. The molecule has 1 saturated heterocycles. The van der Waals surface area contributed by atoms with Gasteiger partial charge in [0.2, 0.25) is 10.0 Å². The average molecular weight is 432 g/mol. The highest BCUT2D eigenvalue weighted by molar-refractivity contribution is 7.89. The maximum absolute atomic E-state index is 13.7. The molecule has 2 heterocycles. The Morgan fingerprint density at radius 1 is 1.13 bits per heavy atom. The number of hydrogen-bond donors (Lipinski definition) is 0. The fourth-order valence-electron chi connectivity index (χ4n) is 4.47. The Hall–Kier alpha value is -2.19. The SMILES string of the molecule is CCOC(=O)C1CCCN(S(=O)(=O)c2cn(C3CCCC3)nc2-c2ccccc2)C1. The Morgan fingerprint density at radius 3 is 2.57 bits per heavy atom. The first-order valence-corrected chi connectivity index (χ1v) is 12.3. The first-order chi connectivity index (χ1) is 14.5. The predicted octanol–water partition coefficient (Wildman–Crippen LogP) is 3.63. The summed E-state index contributed by atoms with van der Waals surface area (Å²) in [7, 11) is -3.79. The number of carbonyl (C=O) groups excluding carboxylic acids is 1. The van der Waals surface area contributed by atoms with E-state index >= 15 is 0 Å². The van der Waals surface area contributed by atoms with Crippen molar-refractivity contribution in [2.75, 3.05) is 19.7 Å². The summed E-state index contributed by atoms with van der Waals surface area (Å²) in [6.45, 7) is 2.62. The second kappa shape index (κ2) is 8.89. The van der Waals surface area contributed by atoms with E-state index < -0.39 is 15.9 Å². The Labute approximate surface area is 178 Å². The molecule has 1 unspecified atom stereocenters. The second-order valence-electron chi connectivity index (χ2n) is 8.08. The topological polar surface area (TPSA) is 81.5 Å². The number of ether oxygens (including phenoxy) is 1. The van der Waals surface area contributed by atoms with Crippen molar-refractivity contribution < 1.29 is 17.9 Å².